The van der Waals surface area contributed by atoms with Crippen molar-refractivity contribution in [2.75, 3.05) is 32.7 Å². The first-order valence-corrected chi connectivity index (χ1v) is 11.4. The molecule has 5 nitrogen and oxygen atoms in total. The van der Waals surface area contributed by atoms with Crippen LogP contribution in [0.4, 0.5) is 0 Å². The Bertz CT molecular complexity index is 909. The van der Waals surface area contributed by atoms with Gasteiger partial charge in [0.25, 0.3) is 5.91 Å². The van der Waals surface area contributed by atoms with Crippen LogP contribution in [-0.4, -0.2) is 58.9 Å². The summed E-state index contributed by atoms with van der Waals surface area (Å²) in [6.45, 7) is 11.8. The van der Waals surface area contributed by atoms with Crippen LogP contribution in [0, 0.1) is 11.3 Å². The van der Waals surface area contributed by atoms with Gasteiger partial charge in [-0.05, 0) is 38.8 Å². The first-order chi connectivity index (χ1) is 15.3. The van der Waals surface area contributed by atoms with Gasteiger partial charge < -0.3 is 9.80 Å². The number of nitriles is 1. The van der Waals surface area contributed by atoms with Crippen LogP contribution in [0.15, 0.2) is 72.4 Å². The van der Waals surface area contributed by atoms with Crippen LogP contribution in [0.1, 0.15) is 44.9 Å². The Morgan fingerprint density at radius 3 is 1.91 bits per heavy atom. The molecule has 168 valence electrons. The molecule has 1 saturated heterocycles. The molecule has 3 rings (SSSR count). The number of carbonyl (C=O) groups excluding carboxylic acids is 1. The molecule has 32 heavy (non-hydrogen) atoms. The molecule has 0 aliphatic carbocycles. The van der Waals surface area contributed by atoms with Gasteiger partial charge >= 0.3 is 0 Å². The van der Waals surface area contributed by atoms with Crippen molar-refractivity contribution in [3.8, 4) is 6.07 Å². The zero-order valence-corrected chi connectivity index (χ0v) is 19.7. The average molecular weight is 431 g/mol. The molecule has 0 saturated carbocycles. The van der Waals surface area contributed by atoms with Gasteiger partial charge in [-0.1, -0.05) is 60.7 Å². The van der Waals surface area contributed by atoms with Gasteiger partial charge in [0.2, 0.25) is 0 Å². The van der Waals surface area contributed by atoms with Crippen molar-refractivity contribution < 1.29 is 4.79 Å². The molecule has 0 radical (unpaired) electrons. The molecule has 1 aliphatic rings. The zero-order chi connectivity index (χ0) is 23.1. The van der Waals surface area contributed by atoms with E-state index in [1.807, 2.05) is 28.9 Å². The molecule has 5 heteroatoms. The number of rotatable bonds is 6. The highest BCUT2D eigenvalue weighted by Crippen LogP contribution is 2.29. The number of hydrogen-bond acceptors (Lipinski definition) is 4. The average Bonchev–Trinajstić information content (AvgIpc) is 2.81. The van der Waals surface area contributed by atoms with E-state index in [-0.39, 0.29) is 23.1 Å². The monoisotopic (exact) mass is 430 g/mol. The minimum atomic E-state index is -0.175. The van der Waals surface area contributed by atoms with Gasteiger partial charge in [0.05, 0.1) is 6.04 Å². The Kier molecular flexibility index (Phi) is 7.71. The summed E-state index contributed by atoms with van der Waals surface area (Å²) in [6.07, 6.45) is 1.73. The molecule has 1 fully saturated rings. The van der Waals surface area contributed by atoms with E-state index in [4.69, 9.17) is 0 Å². The Hall–Kier alpha value is -3.10. The fraction of sp³-hybridized carbons (Fsp3) is 0.407. The van der Waals surface area contributed by atoms with E-state index in [9.17, 15) is 10.1 Å². The van der Waals surface area contributed by atoms with Crippen molar-refractivity contribution in [2.45, 2.75) is 39.3 Å². The van der Waals surface area contributed by atoms with Crippen LogP contribution in [-0.2, 0) is 4.79 Å². The van der Waals surface area contributed by atoms with Crippen molar-refractivity contribution in [2.24, 2.45) is 0 Å². The molecule has 2 aromatic carbocycles. The highest BCUT2D eigenvalue weighted by atomic mass is 16.2. The third kappa shape index (κ3) is 5.57. The SMILES string of the molecule is CCN(/C=C(/C#N)C(=O)N1CCN(C(c2ccccc2)c2ccccc2)CC1)C(C)(C)C. The Balaban J connectivity index is 1.75. The van der Waals surface area contributed by atoms with Gasteiger partial charge in [-0.15, -0.1) is 0 Å². The Labute approximate surface area is 192 Å². The standard InChI is InChI=1S/C27H34N4O/c1-5-31(27(2,3)4)21-24(20-28)26(32)30-18-16-29(17-19-30)25(22-12-8-6-9-13-22)23-14-10-7-11-15-23/h6-15,21,25H,5,16-19H2,1-4H3/b24-21-. The largest absolute Gasteiger partial charge is 0.372 e. The molecular formula is C27H34N4O. The van der Waals surface area contributed by atoms with E-state index in [0.29, 0.717) is 13.1 Å². The molecule has 0 bridgehead atoms. The number of carbonyl (C=O) groups is 1. The highest BCUT2D eigenvalue weighted by Gasteiger charge is 2.30. The third-order valence-electron chi connectivity index (χ3n) is 6.04. The van der Waals surface area contributed by atoms with E-state index in [0.717, 1.165) is 19.6 Å². The molecule has 0 atom stereocenters. The quantitative estimate of drug-likeness (QED) is 0.502. The third-order valence-corrected chi connectivity index (χ3v) is 6.04. The van der Waals surface area contributed by atoms with Crippen molar-refractivity contribution in [1.29, 1.82) is 5.26 Å². The van der Waals surface area contributed by atoms with E-state index in [2.05, 4.69) is 80.3 Å². The normalized spacial score (nSPS) is 15.5. The Morgan fingerprint density at radius 1 is 1.00 bits per heavy atom. The molecule has 1 aliphatic heterocycles. The molecule has 1 heterocycles. The lowest BCUT2D eigenvalue weighted by Gasteiger charge is -2.40. The van der Waals surface area contributed by atoms with Crippen molar-refractivity contribution in [3.05, 3.63) is 83.6 Å². The van der Waals surface area contributed by atoms with Gasteiger partial charge in [0.15, 0.2) is 0 Å². The fourth-order valence-electron chi connectivity index (χ4n) is 4.29. The van der Waals surface area contributed by atoms with Crippen LogP contribution in [0.5, 0.6) is 0 Å². The van der Waals surface area contributed by atoms with Crippen LogP contribution in [0.2, 0.25) is 0 Å². The minimum Gasteiger partial charge on any atom is -0.372 e. The molecule has 2 aromatic rings. The summed E-state index contributed by atoms with van der Waals surface area (Å²) in [7, 11) is 0. The lowest BCUT2D eigenvalue weighted by Crippen LogP contribution is -2.50. The maximum Gasteiger partial charge on any atom is 0.266 e. The number of piperazine rings is 1. The van der Waals surface area contributed by atoms with E-state index >= 15 is 0 Å². The van der Waals surface area contributed by atoms with Crippen molar-refractivity contribution >= 4 is 5.91 Å². The summed E-state index contributed by atoms with van der Waals surface area (Å²) >= 11 is 0. The summed E-state index contributed by atoms with van der Waals surface area (Å²) in [4.78, 5) is 19.4. The van der Waals surface area contributed by atoms with Gasteiger partial charge in [0.1, 0.15) is 11.6 Å². The smallest absolute Gasteiger partial charge is 0.266 e. The predicted octanol–water partition coefficient (Wildman–Crippen LogP) is 4.45. The maximum atomic E-state index is 13.1. The summed E-state index contributed by atoms with van der Waals surface area (Å²) in [5.41, 5.74) is 2.56. The van der Waals surface area contributed by atoms with Crippen molar-refractivity contribution in [1.82, 2.24) is 14.7 Å². The van der Waals surface area contributed by atoms with Crippen molar-refractivity contribution in [3.63, 3.8) is 0 Å². The second-order valence-electron chi connectivity index (χ2n) is 9.16. The minimum absolute atomic E-state index is 0.144. The highest BCUT2D eigenvalue weighted by molar-refractivity contribution is 5.97. The molecule has 1 amide bonds. The van der Waals surface area contributed by atoms with Crippen LogP contribution in [0.25, 0.3) is 0 Å². The van der Waals surface area contributed by atoms with Gasteiger partial charge in [-0.3, -0.25) is 9.69 Å². The summed E-state index contributed by atoms with van der Waals surface area (Å²) in [6, 6.07) is 23.3. The van der Waals surface area contributed by atoms with E-state index in [1.165, 1.54) is 11.1 Å². The maximum absolute atomic E-state index is 13.1. The predicted molar refractivity (Wildman–Crippen MR) is 129 cm³/mol. The van der Waals surface area contributed by atoms with Gasteiger partial charge in [0, 0.05) is 44.5 Å². The summed E-state index contributed by atoms with van der Waals surface area (Å²) in [5.74, 6) is -0.175. The first-order valence-electron chi connectivity index (χ1n) is 11.4. The topological polar surface area (TPSA) is 50.6 Å². The number of hydrogen-bond donors (Lipinski definition) is 0. The molecular weight excluding hydrogens is 396 g/mol. The molecule has 0 N–H and O–H groups in total. The second-order valence-corrected chi connectivity index (χ2v) is 9.16. The summed E-state index contributed by atoms with van der Waals surface area (Å²) < 4.78 is 0. The lowest BCUT2D eigenvalue weighted by molar-refractivity contribution is -0.128. The van der Waals surface area contributed by atoms with Gasteiger partial charge in [-0.2, -0.15) is 5.26 Å². The van der Waals surface area contributed by atoms with Crippen LogP contribution in [0.3, 0.4) is 0 Å². The van der Waals surface area contributed by atoms with Gasteiger partial charge in [-0.25, -0.2) is 0 Å². The first kappa shape index (κ1) is 23.6. The number of nitrogens with zero attached hydrogens (tertiary/aromatic N) is 4. The fourth-order valence-corrected chi connectivity index (χ4v) is 4.29. The number of amides is 1. The lowest BCUT2D eigenvalue weighted by atomic mass is 9.96. The molecule has 0 aromatic heterocycles. The summed E-state index contributed by atoms with van der Waals surface area (Å²) in [5, 5.41) is 9.67. The number of benzene rings is 2. The van der Waals surface area contributed by atoms with Crippen LogP contribution < -0.4 is 0 Å². The second kappa shape index (κ2) is 10.5. The van der Waals surface area contributed by atoms with E-state index in [1.54, 1.807) is 6.20 Å². The van der Waals surface area contributed by atoms with Crippen LogP contribution >= 0.6 is 0 Å². The van der Waals surface area contributed by atoms with E-state index < -0.39 is 0 Å². The molecule has 0 spiro atoms. The zero-order valence-electron chi connectivity index (χ0n) is 19.7. The Morgan fingerprint density at radius 2 is 1.50 bits per heavy atom. The molecule has 0 unspecified atom stereocenters.